The van der Waals surface area contributed by atoms with Crippen molar-refractivity contribution in [3.8, 4) is 17.2 Å². The lowest BCUT2D eigenvalue weighted by atomic mass is 10.2. The van der Waals surface area contributed by atoms with Gasteiger partial charge in [0.2, 0.25) is 11.6 Å². The molecule has 0 atom stereocenters. The molecule has 0 aliphatic carbocycles. The smallest absolute Gasteiger partial charge is 0.323 e. The minimum absolute atomic E-state index is 0.00503. The van der Waals surface area contributed by atoms with Crippen molar-refractivity contribution in [2.45, 2.75) is 19.5 Å². The molecule has 1 aromatic carbocycles. The van der Waals surface area contributed by atoms with Crippen molar-refractivity contribution in [1.29, 1.82) is 0 Å². The van der Waals surface area contributed by atoms with Gasteiger partial charge in [0, 0.05) is 24.8 Å². The summed E-state index contributed by atoms with van der Waals surface area (Å²) in [6.07, 6.45) is 2.52. The summed E-state index contributed by atoms with van der Waals surface area (Å²) in [5.41, 5.74) is -1.50. The molecule has 4 heterocycles. The number of allylic oxidation sites excluding steroid dienone is 1. The van der Waals surface area contributed by atoms with E-state index >= 15 is 0 Å². The molecule has 3 aromatic rings. The molecule has 0 unspecified atom stereocenters. The van der Waals surface area contributed by atoms with E-state index in [0.29, 0.717) is 49.3 Å². The fourth-order valence-electron chi connectivity index (χ4n) is 5.11. The van der Waals surface area contributed by atoms with E-state index in [4.69, 9.17) is 36.3 Å². The van der Waals surface area contributed by atoms with E-state index in [1.165, 1.54) is 37.3 Å². The molecule has 5 rings (SSSR count). The lowest BCUT2D eigenvalue weighted by molar-refractivity contribution is -0.140. The van der Waals surface area contributed by atoms with Crippen molar-refractivity contribution >= 4 is 91.5 Å². The van der Waals surface area contributed by atoms with Crippen molar-refractivity contribution in [3.63, 3.8) is 0 Å². The Morgan fingerprint density at radius 2 is 1.45 bits per heavy atom. The Kier molecular flexibility index (Phi) is 11.1. The van der Waals surface area contributed by atoms with Crippen LogP contribution in [0.15, 0.2) is 33.7 Å². The zero-order valence-corrected chi connectivity index (χ0v) is 30.4. The van der Waals surface area contributed by atoms with Gasteiger partial charge >= 0.3 is 23.8 Å². The third kappa shape index (κ3) is 8.10. The zero-order chi connectivity index (χ0) is 38.9. The monoisotopic (exact) mass is 814 g/mol. The van der Waals surface area contributed by atoms with Crippen molar-refractivity contribution in [2.75, 3.05) is 38.0 Å². The molecule has 2 aliphatic heterocycles. The molecule has 20 nitrogen and oxygen atoms in total. The van der Waals surface area contributed by atoms with Crippen LogP contribution in [0, 0.1) is 9.20 Å². The number of nitrogens with zero attached hydrogens (tertiary/aromatic N) is 4. The van der Waals surface area contributed by atoms with Gasteiger partial charge in [-0.25, -0.2) is 0 Å². The number of benzene rings is 1. The van der Waals surface area contributed by atoms with Crippen LogP contribution in [0.25, 0.3) is 11.8 Å². The van der Waals surface area contributed by atoms with E-state index in [9.17, 15) is 52.0 Å². The first kappa shape index (κ1) is 38.7. The number of rotatable bonds is 13. The van der Waals surface area contributed by atoms with Crippen molar-refractivity contribution in [2.24, 2.45) is 0 Å². The number of thiazole rings is 2. The Bertz CT molecular complexity index is 2570. The van der Waals surface area contributed by atoms with Gasteiger partial charge in [0.05, 0.1) is 30.2 Å². The Morgan fingerprint density at radius 3 is 2.04 bits per heavy atom. The predicted octanol–water partition coefficient (Wildman–Crippen LogP) is -1.26. The number of carboxylic acid groups (broad SMARTS) is 3. The maximum atomic E-state index is 13.7. The molecule has 0 saturated carbocycles. The first-order valence-electron chi connectivity index (χ1n) is 14.7. The summed E-state index contributed by atoms with van der Waals surface area (Å²) in [4.78, 5) is 77.4. The molecular weight excluding hydrogens is 789 g/mol. The zero-order valence-electron chi connectivity index (χ0n) is 27.2. The average molecular weight is 815 g/mol. The van der Waals surface area contributed by atoms with E-state index in [1.54, 1.807) is 6.07 Å². The number of carbonyl (C=O) groups excluding carboxylic acids is 1. The molecule has 2 aliphatic rings. The predicted molar refractivity (Wildman–Crippen MR) is 187 cm³/mol. The summed E-state index contributed by atoms with van der Waals surface area (Å²) in [6, 6.07) is 3.07. The van der Waals surface area contributed by atoms with Crippen LogP contribution < -0.4 is 39.4 Å². The number of carbonyl (C=O) groups is 4. The maximum absolute atomic E-state index is 13.7. The van der Waals surface area contributed by atoms with Crippen LogP contribution >= 0.6 is 34.9 Å². The molecule has 53 heavy (non-hydrogen) atoms. The summed E-state index contributed by atoms with van der Waals surface area (Å²) in [5.74, 6) is -5.79. The summed E-state index contributed by atoms with van der Waals surface area (Å²) in [7, 11) is -1.51. The average Bonchev–Trinajstić information content (AvgIpc) is 3.76. The molecule has 0 bridgehead atoms. The lowest BCUT2D eigenvalue weighted by Gasteiger charge is -2.18. The Hall–Kier alpha value is -5.56. The second kappa shape index (κ2) is 15.2. The van der Waals surface area contributed by atoms with Gasteiger partial charge in [0.15, 0.2) is 17.2 Å². The highest BCUT2D eigenvalue weighted by Gasteiger charge is 2.37. The number of aromatic nitrogens is 2. The van der Waals surface area contributed by atoms with Crippen molar-refractivity contribution < 1.29 is 66.4 Å². The number of anilines is 1. The van der Waals surface area contributed by atoms with Gasteiger partial charge in [0.1, 0.15) is 33.5 Å². The normalized spacial score (nSPS) is 16.9. The van der Waals surface area contributed by atoms with E-state index in [0.717, 1.165) is 4.57 Å². The number of thiocarbonyl (C=S) groups is 1. The topological polar surface area (TPSA) is 271 Å². The van der Waals surface area contributed by atoms with Crippen LogP contribution in [0.5, 0.6) is 17.2 Å². The molecule has 0 radical (unpaired) electrons. The number of amides is 1. The SMILES string of the molecule is COc1cc2c(cc1OC)N(CCCS(=O)(=O)O)C(=CC=c1s/c(=c3/s/c(=C4/OC(=S)N(CC(=O)O)C4=O)n(CC(=O)O)c3=O)n(CC(=O)O)c1=O)O2. The van der Waals surface area contributed by atoms with Gasteiger partial charge in [-0.15, -0.1) is 22.7 Å². The van der Waals surface area contributed by atoms with Gasteiger partial charge in [-0.2, -0.15) is 8.42 Å². The number of ether oxygens (including phenoxy) is 4. The van der Waals surface area contributed by atoms with E-state index in [2.05, 4.69) is 0 Å². The van der Waals surface area contributed by atoms with Crippen LogP contribution in [-0.2, 0) is 47.1 Å². The fourth-order valence-corrected chi connectivity index (χ4v) is 8.13. The van der Waals surface area contributed by atoms with Crippen molar-refractivity contribution in [1.82, 2.24) is 14.0 Å². The molecule has 0 spiro atoms. The number of hydrogen-bond donors (Lipinski definition) is 4. The quantitative estimate of drug-likeness (QED) is 0.116. The summed E-state index contributed by atoms with van der Waals surface area (Å²) in [5, 5.41) is 27.8. The number of fused-ring (bicyclic) bond motifs is 1. The molecule has 1 amide bonds. The number of methoxy groups -OCH3 is 2. The highest BCUT2D eigenvalue weighted by molar-refractivity contribution is 7.85. The van der Waals surface area contributed by atoms with Crippen molar-refractivity contribution in [3.05, 3.63) is 63.2 Å². The molecule has 1 fully saturated rings. The van der Waals surface area contributed by atoms with E-state index < -0.39 is 81.4 Å². The fraction of sp³-hybridized carbons (Fsp3) is 0.276. The van der Waals surface area contributed by atoms with Gasteiger partial charge < -0.3 is 39.2 Å². The number of carboxylic acids is 3. The highest BCUT2D eigenvalue weighted by atomic mass is 32.2. The third-order valence-electron chi connectivity index (χ3n) is 7.31. The van der Waals surface area contributed by atoms with Crippen LogP contribution in [0.4, 0.5) is 5.69 Å². The lowest BCUT2D eigenvalue weighted by Crippen LogP contribution is -2.35. The van der Waals surface area contributed by atoms with Crippen LogP contribution in [-0.4, -0.2) is 104 Å². The molecule has 4 N–H and O–H groups in total. The third-order valence-corrected chi connectivity index (χ3v) is 10.9. The molecule has 1 saturated heterocycles. The Balaban J connectivity index is 1.74. The molecule has 24 heteroatoms. The summed E-state index contributed by atoms with van der Waals surface area (Å²) < 4.78 is 54.4. The van der Waals surface area contributed by atoms with E-state index in [1.807, 2.05) is 0 Å². The maximum Gasteiger partial charge on any atom is 0.323 e. The Labute approximate surface area is 308 Å². The first-order valence-corrected chi connectivity index (χ1v) is 18.3. The van der Waals surface area contributed by atoms with Crippen LogP contribution in [0.2, 0.25) is 0 Å². The van der Waals surface area contributed by atoms with Gasteiger partial charge in [-0.05, 0) is 24.7 Å². The summed E-state index contributed by atoms with van der Waals surface area (Å²) in [6.45, 7) is -2.84. The second-order valence-corrected chi connectivity index (χ2v) is 14.8. The van der Waals surface area contributed by atoms with Gasteiger partial charge in [0.25, 0.3) is 26.4 Å². The number of aliphatic carboxylic acids is 3. The van der Waals surface area contributed by atoms with Gasteiger partial charge in [-0.1, -0.05) is 0 Å². The number of hydrogen-bond acceptors (Lipinski definition) is 16. The van der Waals surface area contributed by atoms with Gasteiger partial charge in [-0.3, -0.25) is 47.4 Å². The van der Waals surface area contributed by atoms with Crippen LogP contribution in [0.1, 0.15) is 6.42 Å². The standard InChI is InChI=1S/C29H26N4O16S4/c1-46-15-8-13-14(9-16(15)47-2)48-18(30(13)6-3-7-53(43,44)45)5-4-17-24(40)31(10-19(34)35)28(51-17)23-26(42)32(11-20(36)37)27(52-23)22-25(41)33(12-21(38)39)29(50)49-22/h4-5,8-9H,3,6-7,10-12H2,1-2H3,(H,34,35)(H,36,37)(H,38,39)(H,43,44,45)/b17-4?,18-5?,27-22+,28-23+. The largest absolute Gasteiger partial charge is 0.493 e. The Morgan fingerprint density at radius 1 is 0.849 bits per heavy atom. The molecular formula is C29H26N4O16S4. The minimum atomic E-state index is -4.31. The molecule has 2 aromatic heterocycles. The first-order chi connectivity index (χ1) is 24.9. The molecule has 282 valence electrons. The van der Waals surface area contributed by atoms with Crippen LogP contribution in [0.3, 0.4) is 0 Å². The highest BCUT2D eigenvalue weighted by Crippen LogP contribution is 2.46. The second-order valence-electron chi connectivity index (χ2n) is 10.8. The summed E-state index contributed by atoms with van der Waals surface area (Å²) >= 11 is 6.10. The van der Waals surface area contributed by atoms with E-state index in [-0.39, 0.29) is 43.0 Å². The minimum Gasteiger partial charge on any atom is -0.493 e.